The quantitative estimate of drug-likeness (QED) is 0.0488. The Bertz CT molecular complexity index is 3110. The van der Waals surface area contributed by atoms with Crippen molar-refractivity contribution in [3.05, 3.63) is 199 Å². The first-order valence-corrected chi connectivity index (χ1v) is 25.2. The summed E-state index contributed by atoms with van der Waals surface area (Å²) in [6.07, 6.45) is 1.75. The molecular weight excluding hydrogens is 1150 g/mol. The van der Waals surface area contributed by atoms with Gasteiger partial charge in [-0.1, -0.05) is 121 Å². The summed E-state index contributed by atoms with van der Waals surface area (Å²) < 4.78 is 24.2. The van der Waals surface area contributed by atoms with Gasteiger partial charge in [-0.15, -0.1) is 35.1 Å². The molecule has 0 aliphatic heterocycles. The number of rotatable bonds is 17. The fourth-order valence-electron chi connectivity index (χ4n) is 6.19. The Hall–Kier alpha value is -6.67. The van der Waals surface area contributed by atoms with Gasteiger partial charge in [0.15, 0.2) is 0 Å². The number of aromatic carboxylic acids is 1. The SMILES string of the molecule is Cl.NC[C@@H](NC(=O)OCc1ccccc1)C(=O)OCc1ccccc1.O=C(N[C@H](CNC(=O)c1cc2nccc(Br)c2s1)C(=O)OCc1ccccc1)OCc1ccccc1.O=C([O-])c1cc2nccc(Br)c2s1.[Li+]. The number of nitrogens with two attached hydrogens (primary N) is 1. The first-order valence-electron chi connectivity index (χ1n) is 22.0. The molecule has 8 rings (SSSR count). The average molecular weight is 1200 g/mol. The first kappa shape index (κ1) is 60.9. The molecule has 0 aliphatic rings. The maximum atomic E-state index is 12.8. The van der Waals surface area contributed by atoms with Crippen molar-refractivity contribution in [1.82, 2.24) is 25.9 Å². The minimum Gasteiger partial charge on any atom is -0.544 e. The summed E-state index contributed by atoms with van der Waals surface area (Å²) in [5, 5.41) is 18.1. The maximum absolute atomic E-state index is 12.8. The van der Waals surface area contributed by atoms with Crippen molar-refractivity contribution in [2.75, 3.05) is 13.1 Å². The number of carbonyl (C=O) groups is 6. The number of thiophene rings is 2. The summed E-state index contributed by atoms with van der Waals surface area (Å²) >= 11 is 9.20. The van der Waals surface area contributed by atoms with E-state index in [0.29, 0.717) is 15.9 Å². The van der Waals surface area contributed by atoms with Gasteiger partial charge in [-0.3, -0.25) is 14.8 Å². The van der Waals surface area contributed by atoms with Crippen LogP contribution in [-0.4, -0.2) is 71.1 Å². The molecule has 0 aliphatic carbocycles. The number of pyridine rings is 2. The number of nitrogens with one attached hydrogen (secondary N) is 3. The molecule has 3 amide bonds. The summed E-state index contributed by atoms with van der Waals surface area (Å²) in [5.41, 5.74) is 10.2. The molecule has 5 N–H and O–H groups in total. The van der Waals surface area contributed by atoms with Gasteiger partial charge in [0.1, 0.15) is 38.5 Å². The van der Waals surface area contributed by atoms with Crippen LogP contribution in [0.4, 0.5) is 9.59 Å². The Morgan fingerprint density at radius 3 is 1.29 bits per heavy atom. The van der Waals surface area contributed by atoms with Crippen molar-refractivity contribution in [3.8, 4) is 0 Å². The first-order chi connectivity index (χ1) is 35.4. The third-order valence-corrected chi connectivity index (χ3v) is 14.0. The van der Waals surface area contributed by atoms with Gasteiger partial charge in [0.2, 0.25) is 0 Å². The molecule has 4 heterocycles. The van der Waals surface area contributed by atoms with Crippen molar-refractivity contribution >= 4 is 123 Å². The van der Waals surface area contributed by atoms with Crippen LogP contribution < -0.4 is 45.7 Å². The Morgan fingerprint density at radius 2 is 0.907 bits per heavy atom. The van der Waals surface area contributed by atoms with Crippen LogP contribution >= 0.6 is 66.9 Å². The summed E-state index contributed by atoms with van der Waals surface area (Å²) in [6, 6.07) is 41.5. The van der Waals surface area contributed by atoms with Gasteiger partial charge in [-0.2, -0.15) is 0 Å². The van der Waals surface area contributed by atoms with E-state index < -0.39 is 48.1 Å². The van der Waals surface area contributed by atoms with Crippen molar-refractivity contribution in [1.29, 1.82) is 0 Å². The second-order valence-corrected chi connectivity index (χ2v) is 19.0. The molecule has 75 heavy (non-hydrogen) atoms. The van der Waals surface area contributed by atoms with E-state index in [4.69, 9.17) is 24.7 Å². The molecule has 8 aromatic rings. The maximum Gasteiger partial charge on any atom is 1.00 e. The Balaban J connectivity index is 0.000000268. The average Bonchev–Trinajstić information content (AvgIpc) is 4.08. The van der Waals surface area contributed by atoms with E-state index in [9.17, 15) is 33.9 Å². The van der Waals surface area contributed by atoms with Crippen molar-refractivity contribution < 1.29 is 71.7 Å². The van der Waals surface area contributed by atoms with Gasteiger partial charge < -0.3 is 50.5 Å². The van der Waals surface area contributed by atoms with Crippen LogP contribution in [0, 0.1) is 0 Å². The zero-order valence-corrected chi connectivity index (χ0v) is 45.5. The zero-order valence-electron chi connectivity index (χ0n) is 39.9. The Morgan fingerprint density at radius 1 is 0.547 bits per heavy atom. The minimum absolute atomic E-state index is 0. The van der Waals surface area contributed by atoms with E-state index in [1.807, 2.05) is 121 Å². The molecule has 0 saturated carbocycles. The molecule has 4 aromatic carbocycles. The largest absolute Gasteiger partial charge is 1.00 e. The second-order valence-electron chi connectivity index (χ2n) is 15.2. The van der Waals surface area contributed by atoms with Crippen molar-refractivity contribution in [3.63, 3.8) is 0 Å². The van der Waals surface area contributed by atoms with E-state index in [1.54, 1.807) is 30.6 Å². The molecule has 0 bridgehead atoms. The number of esters is 2. The van der Waals surface area contributed by atoms with E-state index in [2.05, 4.69) is 57.8 Å². The number of hydrogen-bond donors (Lipinski definition) is 4. The number of hydrogen-bond acceptors (Lipinski definition) is 16. The van der Waals surface area contributed by atoms with Gasteiger partial charge in [0.25, 0.3) is 5.91 Å². The molecule has 0 unspecified atom stereocenters. The molecule has 2 atom stereocenters. The van der Waals surface area contributed by atoms with Gasteiger partial charge in [-0.25, -0.2) is 19.2 Å². The van der Waals surface area contributed by atoms with E-state index >= 15 is 0 Å². The van der Waals surface area contributed by atoms with Gasteiger partial charge in [0, 0.05) is 34.4 Å². The molecule has 384 valence electrons. The number of halogens is 3. The number of benzene rings is 4. The van der Waals surface area contributed by atoms with Gasteiger partial charge in [0.05, 0.1) is 36.2 Å². The van der Waals surface area contributed by atoms with Crippen molar-refractivity contribution in [2.45, 2.75) is 38.5 Å². The van der Waals surface area contributed by atoms with Crippen LogP contribution in [0.15, 0.2) is 167 Å². The molecule has 0 spiro atoms. The summed E-state index contributed by atoms with van der Waals surface area (Å²) in [6.45, 7) is 0.0408. The molecule has 0 saturated heterocycles. The number of carbonyl (C=O) groups excluding carboxylic acids is 6. The number of amides is 3. The molecular formula is C52H46Br2ClLiN6O11S2. The third-order valence-electron chi connectivity index (χ3n) is 9.88. The van der Waals surface area contributed by atoms with Crippen LogP contribution in [0.3, 0.4) is 0 Å². The zero-order chi connectivity index (χ0) is 52.0. The predicted octanol–water partition coefficient (Wildman–Crippen LogP) is 5.66. The molecule has 4 aromatic heterocycles. The Labute approximate surface area is 473 Å². The number of nitrogens with zero attached hydrogens (tertiary/aromatic N) is 2. The van der Waals surface area contributed by atoms with Gasteiger partial charge in [-0.05, 0) is 78.4 Å². The summed E-state index contributed by atoms with van der Waals surface area (Å²) in [5.74, 6) is -2.85. The van der Waals surface area contributed by atoms with Crippen LogP contribution in [0.1, 0.15) is 41.6 Å². The predicted molar refractivity (Wildman–Crippen MR) is 287 cm³/mol. The number of carboxylic acids is 1. The third kappa shape index (κ3) is 19.8. The van der Waals surface area contributed by atoms with E-state index in [-0.39, 0.29) is 75.7 Å². The molecule has 0 fully saturated rings. The monoisotopic (exact) mass is 1190 g/mol. The number of aromatic nitrogens is 2. The van der Waals surface area contributed by atoms with E-state index in [1.165, 1.54) is 17.4 Å². The molecule has 23 heteroatoms. The van der Waals surface area contributed by atoms with E-state index in [0.717, 1.165) is 51.9 Å². The van der Waals surface area contributed by atoms with Crippen LogP contribution in [0.2, 0.25) is 0 Å². The minimum atomic E-state index is -1.16. The number of ether oxygens (including phenoxy) is 4. The number of carboxylic acid groups (broad SMARTS) is 1. The Kier molecular flexibility index (Phi) is 25.9. The second kappa shape index (κ2) is 31.9. The van der Waals surface area contributed by atoms with Crippen LogP contribution in [-0.2, 0) is 55.0 Å². The fraction of sp³-hybridized carbons (Fsp3) is 0.154. The van der Waals surface area contributed by atoms with Crippen LogP contribution in [0.25, 0.3) is 20.4 Å². The fourth-order valence-corrected chi connectivity index (χ4v) is 9.11. The number of alkyl carbamates (subject to hydrolysis) is 2. The molecule has 17 nitrogen and oxygen atoms in total. The summed E-state index contributed by atoms with van der Waals surface area (Å²) in [4.78, 5) is 81.2. The number of fused-ring (bicyclic) bond motifs is 2. The molecule has 0 radical (unpaired) electrons. The van der Waals surface area contributed by atoms with Gasteiger partial charge >= 0.3 is 43.0 Å². The topological polar surface area (TPSA) is 250 Å². The van der Waals surface area contributed by atoms with Crippen molar-refractivity contribution in [2.24, 2.45) is 5.73 Å². The summed E-state index contributed by atoms with van der Waals surface area (Å²) in [7, 11) is 0. The smallest absolute Gasteiger partial charge is 0.544 e. The van der Waals surface area contributed by atoms with Crippen LogP contribution in [0.5, 0.6) is 0 Å². The normalized spacial score (nSPS) is 11.0. The standard InChI is InChI=1S/C26H22BrN3O5S.C18H20N2O4.C8H4BrNO2S.ClH.Li/c27-19-11-12-28-20-13-22(36-23(19)20)24(31)29-14-21(25(32)34-15-17-7-3-1-4-8-17)30-26(33)35-16-18-9-5-2-6-10-18;19-11-16(17(21)23-12-14-7-3-1-4-8-14)20-18(22)24-13-15-9-5-2-6-10-15;9-4-1-2-10-5-3-6(8(11)12)13-7(4)5;;/h1-13,21H,14-16H2,(H,29,31)(H,30,33);1-10,16H,11-13,19H2,(H,20,22);1-3H,(H,11,12);1H;/q;;;;+1/p-1/t21-;16-;;;/m11.../s1.